The fourth-order valence-corrected chi connectivity index (χ4v) is 3.82. The fourth-order valence-electron chi connectivity index (χ4n) is 2.57. The number of hydrogen-bond donors (Lipinski definition) is 1. The molecule has 1 N–H and O–H groups in total. The topological polar surface area (TPSA) is 40.5 Å². The second-order valence-electron chi connectivity index (χ2n) is 5.46. The van der Waals surface area contributed by atoms with E-state index in [1.165, 1.54) is 17.7 Å². The molecule has 0 aliphatic carbocycles. The van der Waals surface area contributed by atoms with Gasteiger partial charge in [-0.1, -0.05) is 11.6 Å². The summed E-state index contributed by atoms with van der Waals surface area (Å²) in [5, 5.41) is 10.1. The first-order valence-corrected chi connectivity index (χ1v) is 8.75. The highest BCUT2D eigenvalue weighted by Crippen LogP contribution is 2.31. The lowest BCUT2D eigenvalue weighted by Crippen LogP contribution is -2.35. The summed E-state index contributed by atoms with van der Waals surface area (Å²) in [5.74, 6) is -0.687. The van der Waals surface area contributed by atoms with Crippen molar-refractivity contribution >= 4 is 29.3 Å². The highest BCUT2D eigenvalue weighted by atomic mass is 35.5. The van der Waals surface area contributed by atoms with Crippen LogP contribution in [0.25, 0.3) is 0 Å². The number of benzene rings is 1. The Morgan fingerprint density at radius 3 is 2.52 bits per heavy atom. The molecule has 21 heavy (non-hydrogen) atoms. The van der Waals surface area contributed by atoms with Gasteiger partial charge in [-0.05, 0) is 69.6 Å². The molecule has 3 nitrogen and oxygen atoms in total. The van der Waals surface area contributed by atoms with Crippen molar-refractivity contribution < 1.29 is 9.90 Å². The number of rotatable bonds is 7. The van der Waals surface area contributed by atoms with E-state index < -0.39 is 5.97 Å². The number of aliphatic carboxylic acids is 1. The van der Waals surface area contributed by atoms with Crippen LogP contribution in [0.2, 0.25) is 5.02 Å². The molecule has 0 amide bonds. The lowest BCUT2D eigenvalue weighted by molar-refractivity contribution is -0.137. The van der Waals surface area contributed by atoms with Gasteiger partial charge in [-0.3, -0.25) is 4.79 Å². The van der Waals surface area contributed by atoms with E-state index in [4.69, 9.17) is 16.7 Å². The summed E-state index contributed by atoms with van der Waals surface area (Å²) >= 11 is 7.85. The molecule has 1 aliphatic heterocycles. The van der Waals surface area contributed by atoms with E-state index in [1.54, 1.807) is 0 Å². The van der Waals surface area contributed by atoms with Crippen LogP contribution in [-0.2, 0) is 4.79 Å². The molecule has 5 heteroatoms. The zero-order chi connectivity index (χ0) is 15.1. The third kappa shape index (κ3) is 6.29. The molecule has 0 atom stereocenters. The van der Waals surface area contributed by atoms with Crippen LogP contribution in [0.5, 0.6) is 0 Å². The maximum atomic E-state index is 10.5. The highest BCUT2D eigenvalue weighted by molar-refractivity contribution is 8.00. The standard InChI is InChI=1S/C16H22ClNO2S/c17-13-4-6-14(7-5-13)21-15-8-11-18(12-9-15)10-2-1-3-16(19)20/h4-7,15H,1-3,8-12H2,(H,19,20). The quantitative estimate of drug-likeness (QED) is 0.764. The second-order valence-corrected chi connectivity index (χ2v) is 7.27. The van der Waals surface area contributed by atoms with E-state index in [1.807, 2.05) is 23.9 Å². The molecular weight excluding hydrogens is 306 g/mol. The van der Waals surface area contributed by atoms with Gasteiger partial charge in [-0.25, -0.2) is 0 Å². The lowest BCUT2D eigenvalue weighted by Gasteiger charge is -2.31. The summed E-state index contributed by atoms with van der Waals surface area (Å²) in [5.41, 5.74) is 0. The summed E-state index contributed by atoms with van der Waals surface area (Å²) in [6, 6.07) is 8.07. The lowest BCUT2D eigenvalue weighted by atomic mass is 10.1. The minimum absolute atomic E-state index is 0.295. The Morgan fingerprint density at radius 1 is 1.24 bits per heavy atom. The average molecular weight is 328 g/mol. The van der Waals surface area contributed by atoms with Crippen molar-refractivity contribution in [3.05, 3.63) is 29.3 Å². The number of carbonyl (C=O) groups is 1. The summed E-state index contributed by atoms with van der Waals surface area (Å²) in [6.07, 6.45) is 4.47. The minimum Gasteiger partial charge on any atom is -0.481 e. The Balaban J connectivity index is 1.64. The van der Waals surface area contributed by atoms with E-state index >= 15 is 0 Å². The second kappa shape index (κ2) is 8.66. The van der Waals surface area contributed by atoms with Crippen molar-refractivity contribution in [2.45, 2.75) is 42.2 Å². The number of nitrogens with zero attached hydrogens (tertiary/aromatic N) is 1. The largest absolute Gasteiger partial charge is 0.481 e. The van der Waals surface area contributed by atoms with Crippen LogP contribution in [0.1, 0.15) is 32.1 Å². The van der Waals surface area contributed by atoms with Crippen LogP contribution in [0.15, 0.2) is 29.2 Å². The summed E-state index contributed by atoms with van der Waals surface area (Å²) in [6.45, 7) is 3.28. The molecule has 116 valence electrons. The van der Waals surface area contributed by atoms with Gasteiger partial charge in [-0.2, -0.15) is 0 Å². The van der Waals surface area contributed by atoms with Gasteiger partial charge in [0.1, 0.15) is 0 Å². The molecule has 2 rings (SSSR count). The number of unbranched alkanes of at least 4 members (excludes halogenated alkanes) is 1. The van der Waals surface area contributed by atoms with Crippen molar-refractivity contribution in [1.29, 1.82) is 0 Å². The first-order valence-electron chi connectivity index (χ1n) is 7.50. The molecule has 0 radical (unpaired) electrons. The van der Waals surface area contributed by atoms with Crippen molar-refractivity contribution in [3.63, 3.8) is 0 Å². The third-order valence-electron chi connectivity index (χ3n) is 3.77. The van der Waals surface area contributed by atoms with Crippen molar-refractivity contribution in [1.82, 2.24) is 4.90 Å². The zero-order valence-electron chi connectivity index (χ0n) is 12.1. The van der Waals surface area contributed by atoms with Crippen LogP contribution < -0.4 is 0 Å². The smallest absolute Gasteiger partial charge is 0.303 e. The molecule has 0 unspecified atom stereocenters. The fraction of sp³-hybridized carbons (Fsp3) is 0.562. The maximum absolute atomic E-state index is 10.5. The van der Waals surface area contributed by atoms with Gasteiger partial charge in [0, 0.05) is 21.6 Å². The molecular formula is C16H22ClNO2S. The first kappa shape index (κ1) is 16.7. The van der Waals surface area contributed by atoms with E-state index in [0.29, 0.717) is 11.7 Å². The summed E-state index contributed by atoms with van der Waals surface area (Å²) < 4.78 is 0. The monoisotopic (exact) mass is 327 g/mol. The van der Waals surface area contributed by atoms with Crippen molar-refractivity contribution in [2.24, 2.45) is 0 Å². The minimum atomic E-state index is -0.687. The number of thioether (sulfide) groups is 1. The molecule has 1 aliphatic rings. The summed E-state index contributed by atoms with van der Waals surface area (Å²) in [4.78, 5) is 14.2. The molecule has 1 fully saturated rings. The van der Waals surface area contributed by atoms with Gasteiger partial charge in [0.05, 0.1) is 0 Å². The highest BCUT2D eigenvalue weighted by Gasteiger charge is 2.19. The van der Waals surface area contributed by atoms with Crippen LogP contribution in [0.4, 0.5) is 0 Å². The molecule has 1 aromatic rings. The van der Waals surface area contributed by atoms with Gasteiger partial charge < -0.3 is 10.0 Å². The maximum Gasteiger partial charge on any atom is 0.303 e. The number of halogens is 1. The Bertz CT molecular complexity index is 444. The normalized spacial score (nSPS) is 17.0. The predicted molar refractivity (Wildman–Crippen MR) is 88.3 cm³/mol. The molecule has 1 aromatic carbocycles. The van der Waals surface area contributed by atoms with Crippen molar-refractivity contribution in [3.8, 4) is 0 Å². The molecule has 1 saturated heterocycles. The van der Waals surface area contributed by atoms with Crippen LogP contribution in [0.3, 0.4) is 0 Å². The van der Waals surface area contributed by atoms with E-state index in [0.717, 1.165) is 37.5 Å². The van der Waals surface area contributed by atoms with Gasteiger partial charge in [0.15, 0.2) is 0 Å². The molecule has 0 saturated carbocycles. The van der Waals surface area contributed by atoms with Crippen LogP contribution in [0, 0.1) is 0 Å². The third-order valence-corrected chi connectivity index (χ3v) is 5.37. The summed E-state index contributed by atoms with van der Waals surface area (Å²) in [7, 11) is 0. The van der Waals surface area contributed by atoms with Crippen LogP contribution in [-0.4, -0.2) is 40.9 Å². The number of carboxylic acid groups (broad SMARTS) is 1. The Morgan fingerprint density at radius 2 is 1.90 bits per heavy atom. The van der Waals surface area contributed by atoms with E-state index in [-0.39, 0.29) is 0 Å². The molecule has 0 aromatic heterocycles. The van der Waals surface area contributed by atoms with Gasteiger partial charge in [-0.15, -0.1) is 11.8 Å². The van der Waals surface area contributed by atoms with Gasteiger partial charge >= 0.3 is 5.97 Å². The number of carboxylic acids is 1. The van der Waals surface area contributed by atoms with Gasteiger partial charge in [0.2, 0.25) is 0 Å². The Hall–Kier alpha value is -0.710. The number of piperidine rings is 1. The predicted octanol–water partition coefficient (Wildman–Crippen LogP) is 4.15. The Labute approximate surface area is 135 Å². The van der Waals surface area contributed by atoms with E-state index in [2.05, 4.69) is 17.0 Å². The number of hydrogen-bond acceptors (Lipinski definition) is 3. The van der Waals surface area contributed by atoms with Crippen LogP contribution >= 0.6 is 23.4 Å². The Kier molecular flexibility index (Phi) is 6.87. The first-order chi connectivity index (χ1) is 10.1. The van der Waals surface area contributed by atoms with Crippen molar-refractivity contribution in [2.75, 3.05) is 19.6 Å². The zero-order valence-corrected chi connectivity index (χ0v) is 13.7. The van der Waals surface area contributed by atoms with E-state index in [9.17, 15) is 4.79 Å². The molecule has 0 spiro atoms. The SMILES string of the molecule is O=C(O)CCCCN1CCC(Sc2ccc(Cl)cc2)CC1. The molecule has 0 bridgehead atoms. The van der Waals surface area contributed by atoms with Gasteiger partial charge in [0.25, 0.3) is 0 Å². The number of likely N-dealkylation sites (tertiary alicyclic amines) is 1. The molecule has 1 heterocycles. The average Bonchev–Trinajstić information content (AvgIpc) is 2.47.